The van der Waals surface area contributed by atoms with Gasteiger partial charge in [0.15, 0.2) is 0 Å². The highest BCUT2D eigenvalue weighted by Crippen LogP contribution is 2.32. The highest BCUT2D eigenvalue weighted by molar-refractivity contribution is 8.26. The number of rotatable bonds is 4. The average Bonchev–Trinajstić information content (AvgIpc) is 3.03. The van der Waals surface area contributed by atoms with Crippen LogP contribution in [0.2, 0.25) is 0 Å². The van der Waals surface area contributed by atoms with Crippen LogP contribution in [-0.2, 0) is 18.3 Å². The van der Waals surface area contributed by atoms with Crippen LogP contribution in [0.25, 0.3) is 6.08 Å². The SMILES string of the molecule is Cn1cc(/C=C2\SC(=S)N(CCc3ccccc3)C2=O)cn1. The number of thioether (sulfide) groups is 1. The zero-order chi connectivity index (χ0) is 15.5. The minimum absolute atomic E-state index is 0.0187. The van der Waals surface area contributed by atoms with Crippen LogP contribution in [-0.4, -0.2) is 31.5 Å². The second-order valence-electron chi connectivity index (χ2n) is 5.02. The van der Waals surface area contributed by atoms with Crippen molar-refractivity contribution in [2.24, 2.45) is 7.05 Å². The van der Waals surface area contributed by atoms with Crippen molar-refractivity contribution >= 4 is 40.3 Å². The summed E-state index contributed by atoms with van der Waals surface area (Å²) in [5, 5.41) is 4.10. The first kappa shape index (κ1) is 15.0. The number of carbonyl (C=O) groups excluding carboxylic acids is 1. The first-order chi connectivity index (χ1) is 10.6. The minimum Gasteiger partial charge on any atom is -0.293 e. The zero-order valence-electron chi connectivity index (χ0n) is 12.1. The summed E-state index contributed by atoms with van der Waals surface area (Å²) in [6.07, 6.45) is 6.25. The molecule has 1 aromatic heterocycles. The molecule has 1 aliphatic rings. The monoisotopic (exact) mass is 329 g/mol. The number of aromatic nitrogens is 2. The van der Waals surface area contributed by atoms with Gasteiger partial charge in [-0.3, -0.25) is 14.4 Å². The Morgan fingerprint density at radius 2 is 2.09 bits per heavy atom. The molecular weight excluding hydrogens is 314 g/mol. The van der Waals surface area contributed by atoms with Crippen molar-refractivity contribution in [2.75, 3.05) is 6.54 Å². The normalized spacial score (nSPS) is 16.8. The third kappa shape index (κ3) is 3.28. The van der Waals surface area contributed by atoms with Gasteiger partial charge in [-0.2, -0.15) is 5.10 Å². The Morgan fingerprint density at radius 3 is 2.77 bits per heavy atom. The Kier molecular flexibility index (Phi) is 4.40. The van der Waals surface area contributed by atoms with Crippen molar-refractivity contribution in [3.05, 3.63) is 58.8 Å². The predicted molar refractivity (Wildman–Crippen MR) is 93.2 cm³/mol. The lowest BCUT2D eigenvalue weighted by molar-refractivity contribution is -0.122. The lowest BCUT2D eigenvalue weighted by Crippen LogP contribution is -2.30. The predicted octanol–water partition coefficient (Wildman–Crippen LogP) is 2.86. The van der Waals surface area contributed by atoms with Gasteiger partial charge in [0.05, 0.1) is 11.1 Å². The maximum atomic E-state index is 12.5. The van der Waals surface area contributed by atoms with Crippen molar-refractivity contribution in [3.8, 4) is 0 Å². The molecule has 1 aromatic carbocycles. The van der Waals surface area contributed by atoms with Crippen LogP contribution in [0.5, 0.6) is 0 Å². The highest BCUT2D eigenvalue weighted by Gasteiger charge is 2.31. The maximum Gasteiger partial charge on any atom is 0.266 e. The fraction of sp³-hybridized carbons (Fsp3) is 0.188. The number of hydrogen-bond donors (Lipinski definition) is 0. The third-order valence-corrected chi connectivity index (χ3v) is 4.74. The largest absolute Gasteiger partial charge is 0.293 e. The molecule has 1 fully saturated rings. The molecular formula is C16H15N3OS2. The molecule has 1 aliphatic heterocycles. The number of aryl methyl sites for hydroxylation is 1. The maximum absolute atomic E-state index is 12.5. The zero-order valence-corrected chi connectivity index (χ0v) is 13.7. The third-order valence-electron chi connectivity index (χ3n) is 3.36. The van der Waals surface area contributed by atoms with E-state index in [0.29, 0.717) is 15.8 Å². The molecule has 1 amide bonds. The van der Waals surface area contributed by atoms with Crippen LogP contribution >= 0.6 is 24.0 Å². The summed E-state index contributed by atoms with van der Waals surface area (Å²) in [7, 11) is 1.85. The van der Waals surface area contributed by atoms with Crippen molar-refractivity contribution in [3.63, 3.8) is 0 Å². The van der Waals surface area contributed by atoms with Crippen LogP contribution in [0.15, 0.2) is 47.6 Å². The van der Waals surface area contributed by atoms with E-state index in [9.17, 15) is 4.79 Å². The van der Waals surface area contributed by atoms with E-state index in [4.69, 9.17) is 12.2 Å². The molecule has 1 saturated heterocycles. The van der Waals surface area contributed by atoms with E-state index in [0.717, 1.165) is 12.0 Å². The summed E-state index contributed by atoms with van der Waals surface area (Å²) in [4.78, 5) is 14.8. The van der Waals surface area contributed by atoms with Gasteiger partial charge in [-0.05, 0) is 18.1 Å². The molecule has 3 rings (SSSR count). The van der Waals surface area contributed by atoms with Crippen molar-refractivity contribution in [1.82, 2.24) is 14.7 Å². The highest BCUT2D eigenvalue weighted by atomic mass is 32.2. The van der Waals surface area contributed by atoms with Gasteiger partial charge in [0, 0.05) is 25.4 Å². The Balaban J connectivity index is 1.70. The molecule has 0 unspecified atom stereocenters. The molecule has 2 aromatic rings. The first-order valence-electron chi connectivity index (χ1n) is 6.91. The van der Waals surface area contributed by atoms with Crippen LogP contribution in [0.4, 0.5) is 0 Å². The number of hydrogen-bond acceptors (Lipinski definition) is 4. The van der Waals surface area contributed by atoms with Crippen LogP contribution in [0.3, 0.4) is 0 Å². The molecule has 4 nitrogen and oxygen atoms in total. The Morgan fingerprint density at radius 1 is 1.32 bits per heavy atom. The van der Waals surface area contributed by atoms with Crippen molar-refractivity contribution < 1.29 is 4.79 Å². The first-order valence-corrected chi connectivity index (χ1v) is 8.14. The number of carbonyl (C=O) groups is 1. The lowest BCUT2D eigenvalue weighted by atomic mass is 10.1. The quantitative estimate of drug-likeness (QED) is 0.639. The second kappa shape index (κ2) is 6.46. The standard InChI is InChI=1S/C16H15N3OS2/c1-18-11-13(10-17-18)9-14-15(20)19(16(21)22-14)8-7-12-5-3-2-4-6-12/h2-6,9-11H,7-8H2,1H3/b14-9-. The summed E-state index contributed by atoms with van der Waals surface area (Å²) < 4.78 is 2.33. The summed E-state index contributed by atoms with van der Waals surface area (Å²) >= 11 is 6.69. The van der Waals surface area contributed by atoms with Gasteiger partial charge >= 0.3 is 0 Å². The molecule has 0 bridgehead atoms. The molecule has 112 valence electrons. The molecule has 6 heteroatoms. The van der Waals surface area contributed by atoms with E-state index in [1.54, 1.807) is 15.8 Å². The van der Waals surface area contributed by atoms with Crippen molar-refractivity contribution in [2.45, 2.75) is 6.42 Å². The Bertz CT molecular complexity index is 737. The summed E-state index contributed by atoms with van der Waals surface area (Å²) in [6.45, 7) is 0.610. The molecule has 2 heterocycles. The smallest absolute Gasteiger partial charge is 0.266 e. The lowest BCUT2D eigenvalue weighted by Gasteiger charge is -2.14. The van der Waals surface area contributed by atoms with E-state index in [1.165, 1.54) is 17.3 Å². The van der Waals surface area contributed by atoms with Gasteiger partial charge in [-0.25, -0.2) is 0 Å². The van der Waals surface area contributed by atoms with Gasteiger partial charge in [0.1, 0.15) is 4.32 Å². The van der Waals surface area contributed by atoms with E-state index in [1.807, 2.05) is 37.5 Å². The molecule has 0 aliphatic carbocycles. The Hall–Kier alpha value is -1.92. The second-order valence-corrected chi connectivity index (χ2v) is 6.69. The fourth-order valence-electron chi connectivity index (χ4n) is 2.24. The number of amides is 1. The minimum atomic E-state index is -0.0187. The molecule has 0 spiro atoms. The van der Waals surface area contributed by atoms with Crippen LogP contribution in [0.1, 0.15) is 11.1 Å². The van der Waals surface area contributed by atoms with Crippen LogP contribution < -0.4 is 0 Å². The average molecular weight is 329 g/mol. The molecule has 0 N–H and O–H groups in total. The summed E-state index contributed by atoms with van der Waals surface area (Å²) in [5.41, 5.74) is 2.11. The Labute approximate surface area is 138 Å². The number of nitrogens with zero attached hydrogens (tertiary/aromatic N) is 3. The van der Waals surface area contributed by atoms with E-state index in [-0.39, 0.29) is 5.91 Å². The molecule has 0 radical (unpaired) electrons. The van der Waals surface area contributed by atoms with Gasteiger partial charge in [-0.1, -0.05) is 54.3 Å². The fourth-order valence-corrected chi connectivity index (χ4v) is 3.55. The van der Waals surface area contributed by atoms with Crippen LogP contribution in [0, 0.1) is 0 Å². The van der Waals surface area contributed by atoms with Crippen molar-refractivity contribution in [1.29, 1.82) is 0 Å². The van der Waals surface area contributed by atoms with E-state index in [2.05, 4.69) is 17.2 Å². The topological polar surface area (TPSA) is 38.1 Å². The number of benzene rings is 1. The summed E-state index contributed by atoms with van der Waals surface area (Å²) in [5.74, 6) is -0.0187. The van der Waals surface area contributed by atoms with E-state index >= 15 is 0 Å². The number of thiocarbonyl (C=S) groups is 1. The van der Waals surface area contributed by atoms with Gasteiger partial charge < -0.3 is 0 Å². The van der Waals surface area contributed by atoms with Gasteiger partial charge in [-0.15, -0.1) is 0 Å². The molecule has 22 heavy (non-hydrogen) atoms. The molecule has 0 atom stereocenters. The van der Waals surface area contributed by atoms with Gasteiger partial charge in [0.2, 0.25) is 0 Å². The summed E-state index contributed by atoms with van der Waals surface area (Å²) in [6, 6.07) is 10.1. The van der Waals surface area contributed by atoms with E-state index < -0.39 is 0 Å². The van der Waals surface area contributed by atoms with Gasteiger partial charge in [0.25, 0.3) is 5.91 Å². The molecule has 0 saturated carbocycles.